The molecule has 0 aliphatic carbocycles. The van der Waals surface area contributed by atoms with Crippen molar-refractivity contribution < 1.29 is 0 Å². The molecule has 1 rings (SSSR count). The maximum atomic E-state index is 5.83. The number of halogens is 1. The van der Waals surface area contributed by atoms with Gasteiger partial charge in [0.2, 0.25) is 0 Å². The number of aromatic nitrogens is 1. The van der Waals surface area contributed by atoms with Gasteiger partial charge in [0.15, 0.2) is 0 Å². The van der Waals surface area contributed by atoms with Crippen molar-refractivity contribution in [2.75, 3.05) is 12.4 Å². The molecular formula is C10H17ClN2S. The van der Waals surface area contributed by atoms with Gasteiger partial charge in [0.1, 0.15) is 5.01 Å². The van der Waals surface area contributed by atoms with E-state index in [1.807, 2.05) is 6.92 Å². The molecule has 0 atom stereocenters. The first-order valence-electron chi connectivity index (χ1n) is 4.71. The maximum absolute atomic E-state index is 5.83. The van der Waals surface area contributed by atoms with E-state index in [1.54, 1.807) is 11.3 Å². The quantitative estimate of drug-likeness (QED) is 0.790. The SMILES string of the molecule is Cc1csc(CNCC(C)(C)CCl)n1. The summed E-state index contributed by atoms with van der Waals surface area (Å²) in [7, 11) is 0. The molecule has 0 radical (unpaired) electrons. The van der Waals surface area contributed by atoms with Crippen LogP contribution in [0, 0.1) is 12.3 Å². The molecule has 80 valence electrons. The Morgan fingerprint density at radius 2 is 2.29 bits per heavy atom. The Balaban J connectivity index is 2.28. The van der Waals surface area contributed by atoms with Crippen LogP contribution >= 0.6 is 22.9 Å². The summed E-state index contributed by atoms with van der Waals surface area (Å²) < 4.78 is 0. The van der Waals surface area contributed by atoms with Gasteiger partial charge in [-0.25, -0.2) is 4.98 Å². The molecule has 0 fully saturated rings. The van der Waals surface area contributed by atoms with Crippen LogP contribution in [0.15, 0.2) is 5.38 Å². The predicted molar refractivity (Wildman–Crippen MR) is 63.1 cm³/mol. The van der Waals surface area contributed by atoms with Crippen LogP contribution in [0.2, 0.25) is 0 Å². The zero-order valence-electron chi connectivity index (χ0n) is 8.93. The van der Waals surface area contributed by atoms with E-state index in [9.17, 15) is 0 Å². The third kappa shape index (κ3) is 3.95. The monoisotopic (exact) mass is 232 g/mol. The minimum absolute atomic E-state index is 0.161. The van der Waals surface area contributed by atoms with Crippen molar-refractivity contribution in [2.24, 2.45) is 5.41 Å². The highest BCUT2D eigenvalue weighted by molar-refractivity contribution is 7.09. The highest BCUT2D eigenvalue weighted by Crippen LogP contribution is 2.15. The average molecular weight is 233 g/mol. The van der Waals surface area contributed by atoms with E-state index in [2.05, 4.69) is 29.5 Å². The van der Waals surface area contributed by atoms with Crippen molar-refractivity contribution in [2.45, 2.75) is 27.3 Å². The molecule has 0 unspecified atom stereocenters. The molecule has 1 N–H and O–H groups in total. The number of alkyl halides is 1. The second-order valence-corrected chi connectivity index (χ2v) is 5.49. The summed E-state index contributed by atoms with van der Waals surface area (Å²) in [4.78, 5) is 4.38. The summed E-state index contributed by atoms with van der Waals surface area (Å²) in [5.41, 5.74) is 1.26. The number of nitrogens with zero attached hydrogens (tertiary/aromatic N) is 1. The topological polar surface area (TPSA) is 24.9 Å². The van der Waals surface area contributed by atoms with Gasteiger partial charge in [0, 0.05) is 30.0 Å². The molecule has 2 nitrogen and oxygen atoms in total. The van der Waals surface area contributed by atoms with Crippen LogP contribution in [0.3, 0.4) is 0 Å². The summed E-state index contributed by atoms with van der Waals surface area (Å²) in [5.74, 6) is 0.677. The van der Waals surface area contributed by atoms with Gasteiger partial charge in [-0.3, -0.25) is 0 Å². The van der Waals surface area contributed by atoms with Crippen LogP contribution < -0.4 is 5.32 Å². The van der Waals surface area contributed by atoms with E-state index in [-0.39, 0.29) is 5.41 Å². The number of hydrogen-bond acceptors (Lipinski definition) is 3. The van der Waals surface area contributed by atoms with E-state index in [4.69, 9.17) is 11.6 Å². The zero-order valence-corrected chi connectivity index (χ0v) is 10.5. The smallest absolute Gasteiger partial charge is 0.107 e. The van der Waals surface area contributed by atoms with Gasteiger partial charge in [0.25, 0.3) is 0 Å². The molecule has 0 bridgehead atoms. The first-order chi connectivity index (χ1) is 6.53. The minimum atomic E-state index is 0.161. The lowest BCUT2D eigenvalue weighted by molar-refractivity contribution is 0.385. The van der Waals surface area contributed by atoms with Crippen molar-refractivity contribution in [1.29, 1.82) is 0 Å². The molecular weight excluding hydrogens is 216 g/mol. The standard InChI is InChI=1S/C10H17ClN2S/c1-8-5-14-9(13-8)4-12-7-10(2,3)6-11/h5,12H,4,6-7H2,1-3H3. The lowest BCUT2D eigenvalue weighted by Crippen LogP contribution is -2.30. The van der Waals surface area contributed by atoms with E-state index >= 15 is 0 Å². The van der Waals surface area contributed by atoms with Crippen molar-refractivity contribution >= 4 is 22.9 Å². The summed E-state index contributed by atoms with van der Waals surface area (Å²) in [6, 6.07) is 0. The average Bonchev–Trinajstić information content (AvgIpc) is 2.51. The van der Waals surface area contributed by atoms with E-state index in [1.165, 1.54) is 0 Å². The molecule has 0 saturated carbocycles. The fourth-order valence-electron chi connectivity index (χ4n) is 1.04. The predicted octanol–water partition coefficient (Wildman–Crippen LogP) is 2.81. The summed E-state index contributed by atoms with van der Waals surface area (Å²) in [6.45, 7) is 8.09. The lowest BCUT2D eigenvalue weighted by Gasteiger charge is -2.21. The number of hydrogen-bond donors (Lipinski definition) is 1. The molecule has 4 heteroatoms. The van der Waals surface area contributed by atoms with Crippen LogP contribution in [0.4, 0.5) is 0 Å². The van der Waals surface area contributed by atoms with Crippen LogP contribution in [-0.4, -0.2) is 17.4 Å². The fourth-order valence-corrected chi connectivity index (χ4v) is 1.87. The van der Waals surface area contributed by atoms with Gasteiger partial charge in [-0.15, -0.1) is 22.9 Å². The van der Waals surface area contributed by atoms with Gasteiger partial charge in [-0.05, 0) is 12.3 Å². The number of thiazole rings is 1. The van der Waals surface area contributed by atoms with E-state index in [0.29, 0.717) is 5.88 Å². The Kier molecular flexibility index (Phi) is 4.35. The second-order valence-electron chi connectivity index (χ2n) is 4.28. The Morgan fingerprint density at radius 3 is 2.79 bits per heavy atom. The van der Waals surface area contributed by atoms with Crippen molar-refractivity contribution in [1.82, 2.24) is 10.3 Å². The maximum Gasteiger partial charge on any atom is 0.107 e. The Labute approximate surface area is 94.7 Å². The Bertz CT molecular complexity index is 283. The molecule has 0 aromatic carbocycles. The fraction of sp³-hybridized carbons (Fsp3) is 0.700. The summed E-state index contributed by atoms with van der Waals surface area (Å²) in [6.07, 6.45) is 0. The number of rotatable bonds is 5. The van der Waals surface area contributed by atoms with Crippen LogP contribution in [-0.2, 0) is 6.54 Å². The molecule has 0 saturated heterocycles. The lowest BCUT2D eigenvalue weighted by atomic mass is 9.97. The molecule has 1 aromatic rings. The van der Waals surface area contributed by atoms with Gasteiger partial charge in [0.05, 0.1) is 0 Å². The van der Waals surface area contributed by atoms with Crippen LogP contribution in [0.25, 0.3) is 0 Å². The number of nitrogens with one attached hydrogen (secondary N) is 1. The summed E-state index contributed by atoms with van der Waals surface area (Å²) >= 11 is 7.53. The zero-order chi connectivity index (χ0) is 10.6. The molecule has 1 heterocycles. The van der Waals surface area contributed by atoms with Gasteiger partial charge in [-0.2, -0.15) is 0 Å². The molecule has 0 aliphatic heterocycles. The Hall–Kier alpha value is -0.120. The van der Waals surface area contributed by atoms with Crippen LogP contribution in [0.5, 0.6) is 0 Å². The van der Waals surface area contributed by atoms with Gasteiger partial charge >= 0.3 is 0 Å². The van der Waals surface area contributed by atoms with E-state index < -0.39 is 0 Å². The minimum Gasteiger partial charge on any atom is -0.310 e. The third-order valence-electron chi connectivity index (χ3n) is 1.91. The largest absolute Gasteiger partial charge is 0.310 e. The summed E-state index contributed by atoms with van der Waals surface area (Å²) in [5, 5.41) is 6.59. The molecule has 0 spiro atoms. The van der Waals surface area contributed by atoms with Gasteiger partial charge < -0.3 is 5.32 Å². The molecule has 1 aromatic heterocycles. The molecule has 0 aliphatic rings. The highest BCUT2D eigenvalue weighted by atomic mass is 35.5. The number of aryl methyl sites for hydroxylation is 1. The third-order valence-corrected chi connectivity index (χ3v) is 3.60. The van der Waals surface area contributed by atoms with Crippen molar-refractivity contribution in [3.8, 4) is 0 Å². The van der Waals surface area contributed by atoms with Crippen molar-refractivity contribution in [3.05, 3.63) is 16.1 Å². The first kappa shape index (κ1) is 12.0. The molecule has 0 amide bonds. The molecule has 14 heavy (non-hydrogen) atoms. The second kappa shape index (κ2) is 5.10. The van der Waals surface area contributed by atoms with E-state index in [0.717, 1.165) is 23.8 Å². The van der Waals surface area contributed by atoms with Crippen molar-refractivity contribution in [3.63, 3.8) is 0 Å². The normalized spacial score (nSPS) is 12.0. The van der Waals surface area contributed by atoms with Crippen LogP contribution in [0.1, 0.15) is 24.5 Å². The highest BCUT2D eigenvalue weighted by Gasteiger charge is 2.15. The van der Waals surface area contributed by atoms with Gasteiger partial charge in [-0.1, -0.05) is 13.8 Å². The Morgan fingerprint density at radius 1 is 1.57 bits per heavy atom. The first-order valence-corrected chi connectivity index (χ1v) is 6.12.